The van der Waals surface area contributed by atoms with Crippen LogP contribution >= 0.6 is 0 Å². The van der Waals surface area contributed by atoms with Crippen LogP contribution in [0.3, 0.4) is 0 Å². The van der Waals surface area contributed by atoms with E-state index in [4.69, 9.17) is 0 Å². The zero-order chi connectivity index (χ0) is 6.97. The largest absolute Gasteiger partial charge is 0.358 e. The number of aromatic nitrogens is 1. The Labute approximate surface area is 59.6 Å². The fourth-order valence-corrected chi connectivity index (χ4v) is 1.13. The molecule has 0 bridgehead atoms. The van der Waals surface area contributed by atoms with Gasteiger partial charge in [0.15, 0.2) is 0 Å². The van der Waals surface area contributed by atoms with Gasteiger partial charge >= 0.3 is 0 Å². The fourth-order valence-electron chi connectivity index (χ4n) is 1.13. The first-order valence-corrected chi connectivity index (χ1v) is 3.25. The molecular formula is C8H8N2. The van der Waals surface area contributed by atoms with Crippen molar-refractivity contribution in [1.82, 2.24) is 4.98 Å². The first kappa shape index (κ1) is 5.47. The lowest BCUT2D eigenvalue weighted by molar-refractivity contribution is 1.13. The molecular weight excluding hydrogens is 124 g/mol. The molecule has 0 saturated carbocycles. The van der Waals surface area contributed by atoms with Gasteiger partial charge < -0.3 is 5.32 Å². The molecule has 0 aliphatic carbocycles. The lowest BCUT2D eigenvalue weighted by Gasteiger charge is -1.94. The van der Waals surface area contributed by atoms with Crippen LogP contribution in [0.15, 0.2) is 30.6 Å². The minimum Gasteiger partial charge on any atom is -0.358 e. The summed E-state index contributed by atoms with van der Waals surface area (Å²) in [6, 6.07) is 3.94. The standard InChI is InChI=1S/C8H8N2/c1-6-5-8-7(10-6)3-2-4-9-8/h2-4,10H,1,5H2. The van der Waals surface area contributed by atoms with E-state index in [0.717, 1.165) is 23.5 Å². The summed E-state index contributed by atoms with van der Waals surface area (Å²) in [6.45, 7) is 3.82. The smallest absolute Gasteiger partial charge is 0.0696 e. The van der Waals surface area contributed by atoms with Gasteiger partial charge in [0.1, 0.15) is 0 Å². The summed E-state index contributed by atoms with van der Waals surface area (Å²) in [7, 11) is 0. The Morgan fingerprint density at radius 3 is 3.30 bits per heavy atom. The van der Waals surface area contributed by atoms with Crippen LogP contribution in [0.5, 0.6) is 0 Å². The Bertz CT molecular complexity index is 251. The van der Waals surface area contributed by atoms with E-state index in [9.17, 15) is 0 Å². The normalized spacial score (nSPS) is 14.6. The van der Waals surface area contributed by atoms with Gasteiger partial charge in [-0.3, -0.25) is 4.98 Å². The molecule has 1 N–H and O–H groups in total. The van der Waals surface area contributed by atoms with Gasteiger partial charge in [-0.15, -0.1) is 0 Å². The molecule has 2 heteroatoms. The van der Waals surface area contributed by atoms with Crippen molar-refractivity contribution in [2.24, 2.45) is 0 Å². The van der Waals surface area contributed by atoms with Crippen LogP contribution in [0.4, 0.5) is 5.69 Å². The molecule has 0 spiro atoms. The molecule has 1 aliphatic rings. The maximum atomic E-state index is 4.19. The number of fused-ring (bicyclic) bond motifs is 1. The van der Waals surface area contributed by atoms with E-state index in [-0.39, 0.29) is 0 Å². The van der Waals surface area contributed by atoms with Gasteiger partial charge in [-0.2, -0.15) is 0 Å². The number of anilines is 1. The van der Waals surface area contributed by atoms with Crippen molar-refractivity contribution in [3.05, 3.63) is 36.3 Å². The Kier molecular flexibility index (Phi) is 1.01. The zero-order valence-corrected chi connectivity index (χ0v) is 5.59. The molecule has 0 fully saturated rings. The molecule has 0 saturated heterocycles. The van der Waals surface area contributed by atoms with E-state index >= 15 is 0 Å². The second-order valence-electron chi connectivity index (χ2n) is 2.40. The van der Waals surface area contributed by atoms with Crippen LogP contribution in [0.1, 0.15) is 5.69 Å². The van der Waals surface area contributed by atoms with E-state index in [0.29, 0.717) is 0 Å². The molecule has 0 unspecified atom stereocenters. The van der Waals surface area contributed by atoms with Crippen molar-refractivity contribution in [2.75, 3.05) is 5.32 Å². The molecule has 2 rings (SSSR count). The van der Waals surface area contributed by atoms with Crippen molar-refractivity contribution in [2.45, 2.75) is 6.42 Å². The molecule has 2 nitrogen and oxygen atoms in total. The summed E-state index contributed by atoms with van der Waals surface area (Å²) in [5, 5.41) is 3.14. The van der Waals surface area contributed by atoms with Crippen molar-refractivity contribution in [3.63, 3.8) is 0 Å². The summed E-state index contributed by atoms with van der Waals surface area (Å²) < 4.78 is 0. The minimum atomic E-state index is 0.871. The van der Waals surface area contributed by atoms with Gasteiger partial charge in [0, 0.05) is 18.3 Å². The number of pyridine rings is 1. The third kappa shape index (κ3) is 0.692. The molecule has 0 aromatic carbocycles. The fraction of sp³-hybridized carbons (Fsp3) is 0.125. The molecule has 1 aliphatic heterocycles. The van der Waals surface area contributed by atoms with Crippen LogP contribution in [0.2, 0.25) is 0 Å². The summed E-state index contributed by atoms with van der Waals surface area (Å²) >= 11 is 0. The maximum Gasteiger partial charge on any atom is 0.0696 e. The number of allylic oxidation sites excluding steroid dienone is 1. The average molecular weight is 132 g/mol. The molecule has 50 valence electrons. The molecule has 1 aromatic heterocycles. The van der Waals surface area contributed by atoms with Crippen molar-refractivity contribution >= 4 is 5.69 Å². The SMILES string of the molecule is C=C1Cc2ncccc2N1. The van der Waals surface area contributed by atoms with Crippen LogP contribution < -0.4 is 5.32 Å². The van der Waals surface area contributed by atoms with Gasteiger partial charge in [0.2, 0.25) is 0 Å². The highest BCUT2D eigenvalue weighted by molar-refractivity contribution is 5.58. The van der Waals surface area contributed by atoms with Crippen molar-refractivity contribution in [1.29, 1.82) is 0 Å². The average Bonchev–Trinajstić information content (AvgIpc) is 2.27. The number of hydrogen-bond acceptors (Lipinski definition) is 2. The van der Waals surface area contributed by atoms with E-state index in [1.54, 1.807) is 6.20 Å². The van der Waals surface area contributed by atoms with E-state index < -0.39 is 0 Å². The topological polar surface area (TPSA) is 24.9 Å². The Balaban J connectivity index is 2.51. The monoisotopic (exact) mass is 132 g/mol. The Morgan fingerprint density at radius 1 is 1.60 bits per heavy atom. The predicted octanol–water partition coefficient (Wildman–Crippen LogP) is 1.56. The van der Waals surface area contributed by atoms with Crippen molar-refractivity contribution < 1.29 is 0 Å². The van der Waals surface area contributed by atoms with E-state index in [2.05, 4.69) is 16.9 Å². The summed E-state index contributed by atoms with van der Waals surface area (Å²) in [5.74, 6) is 0. The van der Waals surface area contributed by atoms with Crippen LogP contribution in [-0.2, 0) is 6.42 Å². The summed E-state index contributed by atoms with van der Waals surface area (Å²) in [6.07, 6.45) is 2.68. The molecule has 0 atom stereocenters. The number of nitrogens with zero attached hydrogens (tertiary/aromatic N) is 1. The number of rotatable bonds is 0. The lowest BCUT2D eigenvalue weighted by atomic mass is 10.3. The number of hydrogen-bond donors (Lipinski definition) is 1. The summed E-state index contributed by atoms with van der Waals surface area (Å²) in [4.78, 5) is 4.19. The van der Waals surface area contributed by atoms with Gasteiger partial charge in [-0.05, 0) is 12.1 Å². The third-order valence-corrected chi connectivity index (χ3v) is 1.58. The van der Waals surface area contributed by atoms with Gasteiger partial charge in [-0.1, -0.05) is 6.58 Å². The molecule has 2 heterocycles. The van der Waals surface area contributed by atoms with Crippen LogP contribution in [0, 0.1) is 0 Å². The molecule has 1 aromatic rings. The van der Waals surface area contributed by atoms with E-state index in [1.165, 1.54) is 0 Å². The third-order valence-electron chi connectivity index (χ3n) is 1.58. The predicted molar refractivity (Wildman–Crippen MR) is 40.7 cm³/mol. The Hall–Kier alpha value is -1.31. The van der Waals surface area contributed by atoms with Gasteiger partial charge in [-0.25, -0.2) is 0 Å². The lowest BCUT2D eigenvalue weighted by Crippen LogP contribution is -1.86. The highest BCUT2D eigenvalue weighted by atomic mass is 15.0. The second-order valence-corrected chi connectivity index (χ2v) is 2.40. The second kappa shape index (κ2) is 1.84. The van der Waals surface area contributed by atoms with E-state index in [1.807, 2.05) is 12.1 Å². The minimum absolute atomic E-state index is 0.871. The molecule has 0 radical (unpaired) electrons. The molecule has 0 amide bonds. The maximum absolute atomic E-state index is 4.19. The zero-order valence-electron chi connectivity index (χ0n) is 5.59. The highest BCUT2D eigenvalue weighted by Gasteiger charge is 2.11. The van der Waals surface area contributed by atoms with Crippen molar-refractivity contribution in [3.8, 4) is 0 Å². The van der Waals surface area contributed by atoms with Crippen LogP contribution in [0.25, 0.3) is 0 Å². The van der Waals surface area contributed by atoms with Gasteiger partial charge in [0.25, 0.3) is 0 Å². The first-order chi connectivity index (χ1) is 4.86. The first-order valence-electron chi connectivity index (χ1n) is 3.25. The quantitative estimate of drug-likeness (QED) is 0.579. The Morgan fingerprint density at radius 2 is 2.50 bits per heavy atom. The molecule has 10 heavy (non-hydrogen) atoms. The summed E-state index contributed by atoms with van der Waals surface area (Å²) in [5.41, 5.74) is 3.24. The van der Waals surface area contributed by atoms with Crippen LogP contribution in [-0.4, -0.2) is 4.98 Å². The number of nitrogens with one attached hydrogen (secondary N) is 1. The highest BCUT2D eigenvalue weighted by Crippen LogP contribution is 2.23. The van der Waals surface area contributed by atoms with Gasteiger partial charge in [0.05, 0.1) is 11.4 Å².